The Kier molecular flexibility index (Phi) is 4.48. The highest BCUT2D eigenvalue weighted by Gasteiger charge is 2.35. The number of benzene rings is 1. The summed E-state index contributed by atoms with van der Waals surface area (Å²) in [6, 6.07) is 6.60. The van der Waals surface area contributed by atoms with Crippen molar-refractivity contribution in [1.82, 2.24) is 10.2 Å². The molecule has 0 radical (unpaired) electrons. The van der Waals surface area contributed by atoms with E-state index >= 15 is 0 Å². The summed E-state index contributed by atoms with van der Waals surface area (Å²) < 4.78 is 0. The maximum absolute atomic E-state index is 12.7. The third-order valence-electron chi connectivity index (χ3n) is 4.28. The third-order valence-corrected chi connectivity index (χ3v) is 4.63. The van der Waals surface area contributed by atoms with Crippen LogP contribution < -0.4 is 5.32 Å². The lowest BCUT2D eigenvalue weighted by Gasteiger charge is -2.36. The molecule has 2 aliphatic rings. The van der Waals surface area contributed by atoms with Gasteiger partial charge in [-0.3, -0.25) is 9.59 Å². The van der Waals surface area contributed by atoms with E-state index in [1.165, 1.54) is 0 Å². The van der Waals surface area contributed by atoms with Gasteiger partial charge in [-0.1, -0.05) is 42.0 Å². The quantitative estimate of drug-likeness (QED) is 0.871. The molecule has 1 heterocycles. The molecule has 1 aromatic carbocycles. The molecule has 1 aliphatic carbocycles. The van der Waals surface area contributed by atoms with Crippen LogP contribution in [0, 0.1) is 5.92 Å². The molecule has 22 heavy (non-hydrogen) atoms. The van der Waals surface area contributed by atoms with Crippen LogP contribution in [0.5, 0.6) is 0 Å². The van der Waals surface area contributed by atoms with E-state index in [0.717, 1.165) is 12.8 Å². The molecule has 1 saturated heterocycles. The lowest BCUT2D eigenvalue weighted by Crippen LogP contribution is -2.52. The number of allylic oxidation sites excluding steroid dienone is 2. The summed E-state index contributed by atoms with van der Waals surface area (Å²) in [5.74, 6) is 0.162. The number of hydrogen-bond acceptors (Lipinski definition) is 2. The Bertz CT molecular complexity index is 614. The maximum atomic E-state index is 12.7. The highest BCUT2D eigenvalue weighted by molar-refractivity contribution is 6.31. The van der Waals surface area contributed by atoms with E-state index < -0.39 is 6.04 Å². The zero-order chi connectivity index (χ0) is 15.5. The van der Waals surface area contributed by atoms with Gasteiger partial charge in [0.15, 0.2) is 0 Å². The molecule has 2 atom stereocenters. The lowest BCUT2D eigenvalue weighted by molar-refractivity contribution is -0.144. The second-order valence-electron chi connectivity index (χ2n) is 5.77. The van der Waals surface area contributed by atoms with E-state index in [1.54, 1.807) is 11.0 Å². The van der Waals surface area contributed by atoms with E-state index in [9.17, 15) is 9.59 Å². The lowest BCUT2D eigenvalue weighted by atomic mass is 9.99. The average Bonchev–Trinajstić information content (AvgIpc) is 3.01. The van der Waals surface area contributed by atoms with Gasteiger partial charge < -0.3 is 10.2 Å². The van der Waals surface area contributed by atoms with Gasteiger partial charge >= 0.3 is 0 Å². The molecule has 5 heteroatoms. The Labute approximate surface area is 135 Å². The van der Waals surface area contributed by atoms with Crippen molar-refractivity contribution in [2.24, 2.45) is 5.92 Å². The van der Waals surface area contributed by atoms with Crippen LogP contribution in [-0.4, -0.2) is 29.8 Å². The average molecular weight is 319 g/mol. The molecule has 0 saturated carbocycles. The molecular weight excluding hydrogens is 300 g/mol. The summed E-state index contributed by atoms with van der Waals surface area (Å²) in [4.78, 5) is 26.7. The van der Waals surface area contributed by atoms with Crippen LogP contribution in [-0.2, 0) is 9.59 Å². The van der Waals surface area contributed by atoms with Crippen molar-refractivity contribution in [3.8, 4) is 0 Å². The molecular formula is C17H19ClN2O2. The van der Waals surface area contributed by atoms with E-state index in [0.29, 0.717) is 36.0 Å². The van der Waals surface area contributed by atoms with E-state index in [-0.39, 0.29) is 11.8 Å². The standard InChI is InChI=1S/C17H19ClN2O2/c18-14-8-4-3-7-13(14)16-17(22)19-9-10-20(16)15(21)11-12-5-1-2-6-12/h1,3-5,7-8,12,16H,2,6,9-11H2,(H,19,22)/t12-,16-/m1/s1. The summed E-state index contributed by atoms with van der Waals surface area (Å²) in [5, 5.41) is 3.35. The Morgan fingerprint density at radius 1 is 1.36 bits per heavy atom. The first-order valence-electron chi connectivity index (χ1n) is 7.65. The van der Waals surface area contributed by atoms with Gasteiger partial charge in [0, 0.05) is 30.1 Å². The van der Waals surface area contributed by atoms with Gasteiger partial charge in [-0.25, -0.2) is 0 Å². The first-order chi connectivity index (χ1) is 10.7. The Hall–Kier alpha value is -1.81. The predicted molar refractivity (Wildman–Crippen MR) is 85.4 cm³/mol. The number of nitrogens with zero attached hydrogens (tertiary/aromatic N) is 1. The Morgan fingerprint density at radius 3 is 2.91 bits per heavy atom. The van der Waals surface area contributed by atoms with Crippen LogP contribution >= 0.6 is 11.6 Å². The zero-order valence-corrected chi connectivity index (χ0v) is 13.1. The van der Waals surface area contributed by atoms with Crippen LogP contribution in [0.15, 0.2) is 36.4 Å². The van der Waals surface area contributed by atoms with Crippen molar-refractivity contribution in [3.05, 3.63) is 47.0 Å². The minimum absolute atomic E-state index is 0.0244. The zero-order valence-electron chi connectivity index (χ0n) is 12.3. The fourth-order valence-electron chi connectivity index (χ4n) is 3.15. The number of rotatable bonds is 3. The number of hydrogen-bond donors (Lipinski definition) is 1. The molecule has 1 fully saturated rings. The smallest absolute Gasteiger partial charge is 0.247 e. The number of carbonyl (C=O) groups is 2. The summed E-state index contributed by atoms with van der Waals surface area (Å²) in [6.07, 6.45) is 6.73. The number of halogens is 1. The van der Waals surface area contributed by atoms with Crippen LogP contribution in [0.3, 0.4) is 0 Å². The number of carbonyl (C=O) groups excluding carboxylic acids is 2. The van der Waals surface area contributed by atoms with Gasteiger partial charge in [0.05, 0.1) is 0 Å². The van der Waals surface area contributed by atoms with Crippen LogP contribution in [0.4, 0.5) is 0 Å². The summed E-state index contributed by atoms with van der Waals surface area (Å²) in [6.45, 7) is 1.02. The minimum Gasteiger partial charge on any atom is -0.352 e. The molecule has 116 valence electrons. The van der Waals surface area contributed by atoms with Crippen molar-refractivity contribution in [2.75, 3.05) is 13.1 Å². The van der Waals surface area contributed by atoms with Crippen molar-refractivity contribution in [3.63, 3.8) is 0 Å². The largest absolute Gasteiger partial charge is 0.352 e. The van der Waals surface area contributed by atoms with Crippen molar-refractivity contribution in [1.29, 1.82) is 0 Å². The minimum atomic E-state index is -0.625. The van der Waals surface area contributed by atoms with Gasteiger partial charge in [-0.15, -0.1) is 0 Å². The molecule has 2 amide bonds. The fraction of sp³-hybridized carbons (Fsp3) is 0.412. The molecule has 1 aliphatic heterocycles. The fourth-order valence-corrected chi connectivity index (χ4v) is 3.39. The molecule has 3 rings (SSSR count). The second-order valence-corrected chi connectivity index (χ2v) is 6.18. The first kappa shape index (κ1) is 15.1. The predicted octanol–water partition coefficient (Wildman–Crippen LogP) is 2.70. The van der Waals surface area contributed by atoms with Crippen LogP contribution in [0.25, 0.3) is 0 Å². The summed E-state index contributed by atoms with van der Waals surface area (Å²) in [7, 11) is 0. The molecule has 0 unspecified atom stereocenters. The molecule has 1 aromatic rings. The van der Waals surface area contributed by atoms with Gasteiger partial charge in [0.25, 0.3) is 0 Å². The Morgan fingerprint density at radius 2 is 2.18 bits per heavy atom. The molecule has 4 nitrogen and oxygen atoms in total. The van der Waals surface area contributed by atoms with Gasteiger partial charge in [0.2, 0.25) is 11.8 Å². The summed E-state index contributed by atoms with van der Waals surface area (Å²) in [5.41, 5.74) is 0.691. The maximum Gasteiger partial charge on any atom is 0.247 e. The summed E-state index contributed by atoms with van der Waals surface area (Å²) >= 11 is 6.23. The van der Waals surface area contributed by atoms with Crippen molar-refractivity contribution >= 4 is 23.4 Å². The number of piperazine rings is 1. The molecule has 1 N–H and O–H groups in total. The van der Waals surface area contributed by atoms with Gasteiger partial charge in [-0.2, -0.15) is 0 Å². The first-order valence-corrected chi connectivity index (χ1v) is 8.03. The SMILES string of the molecule is O=C1NCCN(C(=O)C[C@@H]2C=CCC2)[C@@H]1c1ccccc1Cl. The van der Waals surface area contributed by atoms with E-state index in [2.05, 4.69) is 17.5 Å². The van der Waals surface area contributed by atoms with Crippen molar-refractivity contribution in [2.45, 2.75) is 25.3 Å². The van der Waals surface area contributed by atoms with E-state index in [4.69, 9.17) is 11.6 Å². The second kappa shape index (κ2) is 6.53. The monoisotopic (exact) mass is 318 g/mol. The molecule has 0 aromatic heterocycles. The van der Waals surface area contributed by atoms with E-state index in [1.807, 2.05) is 18.2 Å². The highest BCUT2D eigenvalue weighted by Crippen LogP contribution is 2.31. The topological polar surface area (TPSA) is 49.4 Å². The van der Waals surface area contributed by atoms with Gasteiger partial charge in [0.1, 0.15) is 6.04 Å². The van der Waals surface area contributed by atoms with Gasteiger partial charge in [-0.05, 0) is 24.8 Å². The highest BCUT2D eigenvalue weighted by atomic mass is 35.5. The molecule has 0 spiro atoms. The molecule has 0 bridgehead atoms. The Balaban J connectivity index is 1.83. The number of amides is 2. The third kappa shape index (κ3) is 3.02. The number of nitrogens with one attached hydrogen (secondary N) is 1. The van der Waals surface area contributed by atoms with Crippen LogP contribution in [0.1, 0.15) is 30.9 Å². The normalized spacial score (nSPS) is 24.4. The van der Waals surface area contributed by atoms with Crippen LogP contribution in [0.2, 0.25) is 5.02 Å². The van der Waals surface area contributed by atoms with Crippen molar-refractivity contribution < 1.29 is 9.59 Å².